The molecule has 4 rings (SSSR count). The lowest BCUT2D eigenvalue weighted by atomic mass is 9.84. The molecule has 0 saturated carbocycles. The van der Waals surface area contributed by atoms with Crippen molar-refractivity contribution in [2.45, 2.75) is 62.8 Å². The van der Waals surface area contributed by atoms with Crippen LogP contribution in [0.15, 0.2) is 60.7 Å². The number of nitrogens with zero attached hydrogens (tertiary/aromatic N) is 1. The molecule has 2 fully saturated rings. The summed E-state index contributed by atoms with van der Waals surface area (Å²) in [5.41, 5.74) is 2.86. The summed E-state index contributed by atoms with van der Waals surface area (Å²) >= 11 is 0. The molecule has 132 valence electrons. The third kappa shape index (κ3) is 3.14. The van der Waals surface area contributed by atoms with Crippen LogP contribution >= 0.6 is 0 Å². The number of piperidine rings is 1. The topological polar surface area (TPSA) is 12.5 Å². The Morgan fingerprint density at radius 3 is 2.20 bits per heavy atom. The molecule has 2 bridgehead atoms. The summed E-state index contributed by atoms with van der Waals surface area (Å²) in [5.74, 6) is 0. The molecule has 2 heterocycles. The van der Waals surface area contributed by atoms with E-state index in [4.69, 9.17) is 4.74 Å². The molecule has 0 amide bonds. The average Bonchev–Trinajstić information content (AvgIpc) is 2.86. The van der Waals surface area contributed by atoms with Crippen molar-refractivity contribution in [1.29, 1.82) is 0 Å². The van der Waals surface area contributed by atoms with Gasteiger partial charge in [0.05, 0.1) is 6.10 Å². The number of ether oxygens (including phenoxy) is 1. The highest BCUT2D eigenvalue weighted by Crippen LogP contribution is 2.47. The third-order valence-corrected chi connectivity index (χ3v) is 6.57. The summed E-state index contributed by atoms with van der Waals surface area (Å²) in [7, 11) is 2.32. The highest BCUT2D eigenvalue weighted by Gasteiger charge is 2.49. The first-order valence-electron chi connectivity index (χ1n) is 9.70. The number of rotatable bonds is 5. The van der Waals surface area contributed by atoms with Crippen molar-refractivity contribution in [1.82, 2.24) is 4.90 Å². The second-order valence-corrected chi connectivity index (χ2v) is 7.78. The molecule has 0 aliphatic carbocycles. The molecule has 0 N–H and O–H groups in total. The first kappa shape index (κ1) is 16.8. The Bertz CT molecular complexity index is 646. The first-order valence-corrected chi connectivity index (χ1v) is 9.70. The van der Waals surface area contributed by atoms with Crippen molar-refractivity contribution in [3.63, 3.8) is 0 Å². The Kier molecular flexibility index (Phi) is 4.66. The van der Waals surface area contributed by atoms with Gasteiger partial charge >= 0.3 is 0 Å². The summed E-state index contributed by atoms with van der Waals surface area (Å²) in [6.07, 6.45) is 6.57. The molecular formula is C23H29NO. The first-order chi connectivity index (χ1) is 12.2. The zero-order valence-corrected chi connectivity index (χ0v) is 15.4. The molecule has 3 atom stereocenters. The van der Waals surface area contributed by atoms with E-state index < -0.39 is 0 Å². The molecule has 2 aromatic carbocycles. The summed E-state index contributed by atoms with van der Waals surface area (Å²) in [4.78, 5) is 2.65. The molecule has 2 aliphatic rings. The van der Waals surface area contributed by atoms with Gasteiger partial charge in [-0.25, -0.2) is 0 Å². The summed E-state index contributed by atoms with van der Waals surface area (Å²) in [6, 6.07) is 22.1. The van der Waals surface area contributed by atoms with Gasteiger partial charge in [0, 0.05) is 11.6 Å². The highest BCUT2D eigenvalue weighted by atomic mass is 16.5. The molecular weight excluding hydrogens is 306 g/mol. The SMILES string of the molecule is CCC12CCC(CC(OC(c3ccccc3)c3ccccc3)C1)N2C. The lowest BCUT2D eigenvalue weighted by Crippen LogP contribution is -2.52. The predicted octanol–water partition coefficient (Wildman–Crippen LogP) is 5.20. The van der Waals surface area contributed by atoms with Crippen LogP contribution in [-0.2, 0) is 4.74 Å². The van der Waals surface area contributed by atoms with E-state index in [1.54, 1.807) is 0 Å². The maximum absolute atomic E-state index is 6.79. The van der Waals surface area contributed by atoms with Crippen molar-refractivity contribution in [3.05, 3.63) is 71.8 Å². The van der Waals surface area contributed by atoms with Crippen LogP contribution in [0.3, 0.4) is 0 Å². The van der Waals surface area contributed by atoms with E-state index in [1.807, 2.05) is 0 Å². The highest BCUT2D eigenvalue weighted by molar-refractivity contribution is 5.30. The summed E-state index contributed by atoms with van der Waals surface area (Å²) < 4.78 is 6.79. The second-order valence-electron chi connectivity index (χ2n) is 7.78. The number of hydrogen-bond donors (Lipinski definition) is 0. The van der Waals surface area contributed by atoms with Crippen LogP contribution in [0, 0.1) is 0 Å². The van der Waals surface area contributed by atoms with Crippen LogP contribution in [0.5, 0.6) is 0 Å². The fourth-order valence-corrected chi connectivity index (χ4v) is 5.00. The Hall–Kier alpha value is -1.64. The zero-order valence-electron chi connectivity index (χ0n) is 15.4. The molecule has 3 unspecified atom stereocenters. The fourth-order valence-electron chi connectivity index (χ4n) is 5.00. The van der Waals surface area contributed by atoms with Crippen molar-refractivity contribution in [2.75, 3.05) is 7.05 Å². The standard InChI is InChI=1S/C23H29NO/c1-3-23-15-14-20(24(23)2)16-21(17-23)25-22(18-10-6-4-7-11-18)19-12-8-5-9-13-19/h4-13,20-22H,3,14-17H2,1-2H3. The van der Waals surface area contributed by atoms with E-state index in [1.165, 1.54) is 30.4 Å². The number of fused-ring (bicyclic) bond motifs is 2. The smallest absolute Gasteiger partial charge is 0.108 e. The lowest BCUT2D eigenvalue weighted by molar-refractivity contribution is -0.0701. The van der Waals surface area contributed by atoms with Crippen molar-refractivity contribution in [3.8, 4) is 0 Å². The molecule has 0 spiro atoms. The van der Waals surface area contributed by atoms with Gasteiger partial charge in [-0.15, -0.1) is 0 Å². The van der Waals surface area contributed by atoms with Gasteiger partial charge < -0.3 is 4.74 Å². The molecule has 2 aliphatic heterocycles. The maximum atomic E-state index is 6.79. The molecule has 2 saturated heterocycles. The van der Waals surface area contributed by atoms with Crippen LogP contribution in [-0.4, -0.2) is 29.6 Å². The lowest BCUT2D eigenvalue weighted by Gasteiger charge is -2.46. The van der Waals surface area contributed by atoms with Crippen LogP contribution in [0.4, 0.5) is 0 Å². The van der Waals surface area contributed by atoms with Crippen LogP contribution < -0.4 is 0 Å². The molecule has 2 heteroatoms. The van der Waals surface area contributed by atoms with Crippen molar-refractivity contribution >= 4 is 0 Å². The van der Waals surface area contributed by atoms with E-state index in [2.05, 4.69) is 79.5 Å². The minimum Gasteiger partial charge on any atom is -0.365 e. The predicted molar refractivity (Wildman–Crippen MR) is 103 cm³/mol. The Morgan fingerprint density at radius 2 is 1.64 bits per heavy atom. The summed E-state index contributed by atoms with van der Waals surface area (Å²) in [5, 5.41) is 0. The molecule has 0 radical (unpaired) electrons. The number of benzene rings is 2. The van der Waals surface area contributed by atoms with Gasteiger partial charge in [-0.3, -0.25) is 4.90 Å². The normalized spacial score (nSPS) is 29.2. The molecule has 2 aromatic rings. The van der Waals surface area contributed by atoms with Crippen LogP contribution in [0.1, 0.15) is 56.3 Å². The second kappa shape index (κ2) is 6.93. The fraction of sp³-hybridized carbons (Fsp3) is 0.478. The number of hydrogen-bond acceptors (Lipinski definition) is 2. The van der Waals surface area contributed by atoms with Crippen molar-refractivity contribution in [2.24, 2.45) is 0 Å². The monoisotopic (exact) mass is 335 g/mol. The van der Waals surface area contributed by atoms with Crippen molar-refractivity contribution < 1.29 is 4.74 Å². The van der Waals surface area contributed by atoms with E-state index in [9.17, 15) is 0 Å². The Morgan fingerprint density at radius 1 is 1.04 bits per heavy atom. The minimum atomic E-state index is 0.0316. The zero-order chi connectivity index (χ0) is 17.3. The molecule has 25 heavy (non-hydrogen) atoms. The van der Waals surface area contributed by atoms with Gasteiger partial charge in [-0.05, 0) is 50.3 Å². The van der Waals surface area contributed by atoms with Gasteiger partial charge in [0.15, 0.2) is 0 Å². The van der Waals surface area contributed by atoms with E-state index in [0.717, 1.165) is 12.8 Å². The Balaban J connectivity index is 1.60. The van der Waals surface area contributed by atoms with Gasteiger partial charge in [0.25, 0.3) is 0 Å². The van der Waals surface area contributed by atoms with Crippen LogP contribution in [0.2, 0.25) is 0 Å². The third-order valence-electron chi connectivity index (χ3n) is 6.57. The van der Waals surface area contributed by atoms with Gasteiger partial charge in [-0.2, -0.15) is 0 Å². The maximum Gasteiger partial charge on any atom is 0.108 e. The van der Waals surface area contributed by atoms with Gasteiger partial charge in [0.1, 0.15) is 6.10 Å². The molecule has 2 nitrogen and oxygen atoms in total. The summed E-state index contributed by atoms with van der Waals surface area (Å²) in [6.45, 7) is 2.34. The van der Waals surface area contributed by atoms with Gasteiger partial charge in [0.2, 0.25) is 0 Å². The largest absolute Gasteiger partial charge is 0.365 e. The quantitative estimate of drug-likeness (QED) is 0.745. The average molecular weight is 335 g/mol. The van der Waals surface area contributed by atoms with Crippen LogP contribution in [0.25, 0.3) is 0 Å². The van der Waals surface area contributed by atoms with E-state index in [-0.39, 0.29) is 6.10 Å². The Labute approximate surface area is 151 Å². The van der Waals surface area contributed by atoms with Gasteiger partial charge in [-0.1, -0.05) is 67.6 Å². The minimum absolute atomic E-state index is 0.0316. The molecule has 0 aromatic heterocycles. The van der Waals surface area contributed by atoms with E-state index in [0.29, 0.717) is 17.7 Å². The van der Waals surface area contributed by atoms with E-state index >= 15 is 0 Å².